The average molecular weight is 358 g/mol. The third-order valence-corrected chi connectivity index (χ3v) is 5.03. The molecule has 1 rings (SSSR count). The van der Waals surface area contributed by atoms with Crippen LogP contribution in [0, 0.1) is 5.41 Å². The normalized spacial score (nSPS) is 17.2. The molecule has 0 saturated heterocycles. The van der Waals surface area contributed by atoms with Crippen LogP contribution in [-0.4, -0.2) is 88.0 Å². The van der Waals surface area contributed by atoms with Crippen molar-refractivity contribution in [2.24, 2.45) is 10.4 Å². The van der Waals surface area contributed by atoms with Crippen LogP contribution in [0.5, 0.6) is 0 Å². The summed E-state index contributed by atoms with van der Waals surface area (Å²) in [5.41, 5.74) is 0.316. The van der Waals surface area contributed by atoms with Gasteiger partial charge in [-0.2, -0.15) is 11.8 Å². The van der Waals surface area contributed by atoms with Crippen molar-refractivity contribution in [2.45, 2.75) is 25.7 Å². The highest BCUT2D eigenvalue weighted by atomic mass is 32.2. The Hall–Kier alpha value is -0.950. The minimum Gasteiger partial charge on any atom is -0.356 e. The van der Waals surface area contributed by atoms with Crippen molar-refractivity contribution in [3.63, 3.8) is 0 Å². The Morgan fingerprint density at radius 2 is 1.83 bits per heavy atom. The number of hydrogen-bond donors (Lipinski definition) is 2. The van der Waals surface area contributed by atoms with Gasteiger partial charge in [-0.1, -0.05) is 12.8 Å². The van der Waals surface area contributed by atoms with Crippen LogP contribution in [0.25, 0.3) is 0 Å². The molecule has 7 heteroatoms. The molecule has 1 aliphatic rings. The molecule has 0 spiro atoms. The topological polar surface area (TPSA) is 60.0 Å². The summed E-state index contributed by atoms with van der Waals surface area (Å²) < 4.78 is 0. The lowest BCUT2D eigenvalue weighted by Gasteiger charge is -2.33. The standard InChI is InChI=1S/C17H35N5OS/c1-21(2)14-17(8-6-7-9-17)13-20-16(18-10-11-24-5)19-12-15(23)22(3)4/h6-14H2,1-5H3,(H2,18,19,20). The summed E-state index contributed by atoms with van der Waals surface area (Å²) >= 11 is 1.80. The lowest BCUT2D eigenvalue weighted by atomic mass is 9.85. The summed E-state index contributed by atoms with van der Waals surface area (Å²) in [6.45, 7) is 3.03. The Morgan fingerprint density at radius 3 is 2.38 bits per heavy atom. The molecule has 140 valence electrons. The van der Waals surface area contributed by atoms with Crippen LogP contribution in [0.4, 0.5) is 0 Å². The van der Waals surface area contributed by atoms with Gasteiger partial charge in [-0.15, -0.1) is 0 Å². The zero-order valence-electron chi connectivity index (χ0n) is 16.0. The molecule has 24 heavy (non-hydrogen) atoms. The van der Waals surface area contributed by atoms with E-state index in [4.69, 9.17) is 0 Å². The third kappa shape index (κ3) is 7.75. The summed E-state index contributed by atoms with van der Waals surface area (Å²) in [5, 5.41) is 6.84. The zero-order chi connectivity index (χ0) is 18.0. The molecule has 6 nitrogen and oxygen atoms in total. The van der Waals surface area contributed by atoms with Gasteiger partial charge in [-0.3, -0.25) is 4.79 Å². The van der Waals surface area contributed by atoms with E-state index in [1.807, 2.05) is 0 Å². The molecule has 1 fully saturated rings. The van der Waals surface area contributed by atoms with Crippen LogP contribution < -0.4 is 10.6 Å². The van der Waals surface area contributed by atoms with Gasteiger partial charge in [0.15, 0.2) is 5.96 Å². The fourth-order valence-electron chi connectivity index (χ4n) is 3.19. The Labute approximate surface area is 151 Å². The van der Waals surface area contributed by atoms with E-state index in [-0.39, 0.29) is 12.5 Å². The highest BCUT2D eigenvalue weighted by Crippen LogP contribution is 2.37. The minimum atomic E-state index is 0.0184. The number of carbonyl (C=O) groups is 1. The highest BCUT2D eigenvalue weighted by Gasteiger charge is 2.34. The number of nitrogens with zero attached hydrogens (tertiary/aromatic N) is 3. The molecule has 2 N–H and O–H groups in total. The van der Waals surface area contributed by atoms with Crippen molar-refractivity contribution < 1.29 is 4.79 Å². The van der Waals surface area contributed by atoms with Gasteiger partial charge in [0.2, 0.25) is 5.91 Å². The van der Waals surface area contributed by atoms with Crippen molar-refractivity contribution in [1.82, 2.24) is 20.4 Å². The molecule has 0 aromatic carbocycles. The molecule has 0 radical (unpaired) electrons. The second-order valence-electron chi connectivity index (χ2n) is 7.17. The first-order valence-corrected chi connectivity index (χ1v) is 10.1. The number of nitrogens with one attached hydrogen (secondary N) is 2. The van der Waals surface area contributed by atoms with Gasteiger partial charge >= 0.3 is 0 Å². The van der Waals surface area contributed by atoms with Crippen molar-refractivity contribution in [3.05, 3.63) is 0 Å². The van der Waals surface area contributed by atoms with Crippen molar-refractivity contribution in [3.8, 4) is 0 Å². The van der Waals surface area contributed by atoms with Gasteiger partial charge < -0.3 is 20.4 Å². The van der Waals surface area contributed by atoms with Gasteiger partial charge in [0, 0.05) is 44.9 Å². The van der Waals surface area contributed by atoms with E-state index in [9.17, 15) is 4.79 Å². The summed E-state index contributed by atoms with van der Waals surface area (Å²) in [6, 6.07) is 0. The number of thioether (sulfide) groups is 1. The van der Waals surface area contributed by atoms with Crippen LogP contribution in [0.3, 0.4) is 0 Å². The van der Waals surface area contributed by atoms with Gasteiger partial charge in [0.05, 0.1) is 0 Å². The molecule has 0 aromatic rings. The van der Waals surface area contributed by atoms with E-state index in [1.165, 1.54) is 25.7 Å². The largest absolute Gasteiger partial charge is 0.356 e. The predicted molar refractivity (Wildman–Crippen MR) is 105 cm³/mol. The third-order valence-electron chi connectivity index (χ3n) is 4.42. The summed E-state index contributed by atoms with van der Waals surface area (Å²) in [6.07, 6.45) is 7.22. The molecule has 1 aliphatic carbocycles. The van der Waals surface area contributed by atoms with E-state index in [2.05, 4.69) is 40.9 Å². The van der Waals surface area contributed by atoms with Crippen molar-refractivity contribution in [1.29, 1.82) is 0 Å². The quantitative estimate of drug-likeness (QED) is 0.368. The first-order chi connectivity index (χ1) is 11.4. The number of carbonyl (C=O) groups excluding carboxylic acids is 1. The molecule has 0 atom stereocenters. The number of aliphatic imine (C=N–C) groups is 1. The molecule has 1 saturated carbocycles. The maximum atomic E-state index is 11.8. The second kappa shape index (κ2) is 10.8. The number of guanidine groups is 1. The van der Waals surface area contributed by atoms with E-state index >= 15 is 0 Å². The van der Waals surface area contributed by atoms with Crippen LogP contribution in [0.15, 0.2) is 4.99 Å². The number of likely N-dealkylation sites (N-methyl/N-ethyl adjacent to an activating group) is 1. The zero-order valence-corrected chi connectivity index (χ0v) is 16.8. The van der Waals surface area contributed by atoms with Crippen LogP contribution in [0.2, 0.25) is 0 Å². The predicted octanol–water partition coefficient (Wildman–Crippen LogP) is 1.09. The molecule has 0 bridgehead atoms. The van der Waals surface area contributed by atoms with E-state index in [0.717, 1.165) is 31.3 Å². The fraction of sp³-hybridized carbons (Fsp3) is 0.882. The molecule has 0 aromatic heterocycles. The Morgan fingerprint density at radius 1 is 1.17 bits per heavy atom. The van der Waals surface area contributed by atoms with E-state index in [1.54, 1.807) is 30.8 Å². The van der Waals surface area contributed by atoms with Gasteiger partial charge in [-0.25, -0.2) is 4.99 Å². The SMILES string of the molecule is CSCCNC(=NCC(=O)N(C)C)NCC1(CN(C)C)CCCC1. The maximum absolute atomic E-state index is 11.8. The summed E-state index contributed by atoms with van der Waals surface area (Å²) in [4.78, 5) is 20.1. The maximum Gasteiger partial charge on any atom is 0.243 e. The summed E-state index contributed by atoms with van der Waals surface area (Å²) in [5.74, 6) is 1.79. The van der Waals surface area contributed by atoms with E-state index < -0.39 is 0 Å². The highest BCUT2D eigenvalue weighted by molar-refractivity contribution is 7.98. The van der Waals surface area contributed by atoms with Gasteiger partial charge in [0.1, 0.15) is 6.54 Å². The summed E-state index contributed by atoms with van der Waals surface area (Å²) in [7, 11) is 7.80. The Balaban J connectivity index is 2.64. The molecule has 1 amide bonds. The van der Waals surface area contributed by atoms with Gasteiger partial charge in [-0.05, 0) is 33.2 Å². The monoisotopic (exact) mass is 357 g/mol. The minimum absolute atomic E-state index is 0.0184. The molecule has 0 aliphatic heterocycles. The smallest absolute Gasteiger partial charge is 0.243 e. The number of amides is 1. The lowest BCUT2D eigenvalue weighted by molar-refractivity contribution is -0.127. The molecule has 0 unspecified atom stereocenters. The lowest BCUT2D eigenvalue weighted by Crippen LogP contribution is -2.47. The van der Waals surface area contributed by atoms with Crippen molar-refractivity contribution in [2.75, 3.05) is 66.4 Å². The first kappa shape index (κ1) is 21.1. The Bertz CT molecular complexity index is 406. The fourth-order valence-corrected chi connectivity index (χ4v) is 3.50. The Kier molecular flexibility index (Phi) is 9.51. The van der Waals surface area contributed by atoms with Crippen LogP contribution in [-0.2, 0) is 4.79 Å². The first-order valence-electron chi connectivity index (χ1n) is 8.74. The molecular weight excluding hydrogens is 322 g/mol. The molecular formula is C17H35N5OS. The van der Waals surface area contributed by atoms with E-state index in [0.29, 0.717) is 5.41 Å². The average Bonchev–Trinajstić information content (AvgIpc) is 2.97. The van der Waals surface area contributed by atoms with Crippen LogP contribution in [0.1, 0.15) is 25.7 Å². The second-order valence-corrected chi connectivity index (χ2v) is 8.16. The van der Waals surface area contributed by atoms with Crippen LogP contribution >= 0.6 is 11.8 Å². The molecule has 0 heterocycles. The number of hydrogen-bond acceptors (Lipinski definition) is 4. The number of rotatable bonds is 9. The van der Waals surface area contributed by atoms with Crippen molar-refractivity contribution >= 4 is 23.6 Å². The van der Waals surface area contributed by atoms with Gasteiger partial charge in [0.25, 0.3) is 0 Å².